The molecule has 1 N–H and O–H groups in total. The average Bonchev–Trinajstić information content (AvgIpc) is 2.52. The number of rotatable bonds is 2. The monoisotopic (exact) mass is 298 g/mol. The second-order valence-corrected chi connectivity index (χ2v) is 8.09. The summed E-state index contributed by atoms with van der Waals surface area (Å²) in [5, 5.41) is 3.80. The molecule has 1 aromatic rings. The van der Waals surface area contributed by atoms with Crippen molar-refractivity contribution in [2.75, 3.05) is 19.6 Å². The van der Waals surface area contributed by atoms with E-state index in [9.17, 15) is 0 Å². The van der Waals surface area contributed by atoms with Crippen LogP contribution in [0.15, 0.2) is 18.2 Å². The fourth-order valence-electron chi connectivity index (χ4n) is 4.97. The van der Waals surface area contributed by atoms with Crippen molar-refractivity contribution in [2.45, 2.75) is 58.0 Å². The lowest BCUT2D eigenvalue weighted by Gasteiger charge is -2.49. The first-order valence-corrected chi connectivity index (χ1v) is 9.30. The molecular weight excluding hydrogens is 268 g/mol. The first kappa shape index (κ1) is 14.7. The minimum absolute atomic E-state index is 0.670. The van der Waals surface area contributed by atoms with Crippen molar-refractivity contribution in [3.63, 3.8) is 0 Å². The Labute approximate surface area is 135 Å². The van der Waals surface area contributed by atoms with E-state index in [0.717, 1.165) is 17.9 Å². The largest absolute Gasteiger partial charge is 0.314 e. The summed E-state index contributed by atoms with van der Waals surface area (Å²) in [7, 11) is 0. The Morgan fingerprint density at radius 1 is 1.32 bits per heavy atom. The van der Waals surface area contributed by atoms with Crippen LogP contribution >= 0.6 is 0 Å². The molecule has 2 heteroatoms. The van der Waals surface area contributed by atoms with Gasteiger partial charge in [0, 0.05) is 25.2 Å². The highest BCUT2D eigenvalue weighted by Gasteiger charge is 2.39. The smallest absolute Gasteiger partial charge is 0.0366 e. The number of piperidine rings is 2. The first-order chi connectivity index (χ1) is 10.7. The molecule has 3 aliphatic rings. The van der Waals surface area contributed by atoms with Crippen LogP contribution in [0.5, 0.6) is 0 Å². The number of fused-ring (bicyclic) bond motifs is 4. The van der Waals surface area contributed by atoms with E-state index in [1.807, 2.05) is 0 Å². The van der Waals surface area contributed by atoms with Crippen LogP contribution in [-0.4, -0.2) is 30.6 Å². The average molecular weight is 298 g/mol. The van der Waals surface area contributed by atoms with Gasteiger partial charge in [-0.3, -0.25) is 4.90 Å². The third-order valence-electron chi connectivity index (χ3n) is 5.99. The van der Waals surface area contributed by atoms with Crippen LogP contribution in [0.1, 0.15) is 55.8 Å². The molecule has 22 heavy (non-hydrogen) atoms. The van der Waals surface area contributed by atoms with Crippen LogP contribution in [0.2, 0.25) is 0 Å². The van der Waals surface area contributed by atoms with E-state index in [-0.39, 0.29) is 0 Å². The van der Waals surface area contributed by atoms with Crippen LogP contribution in [-0.2, 0) is 12.8 Å². The number of hydrogen-bond acceptors (Lipinski definition) is 2. The van der Waals surface area contributed by atoms with Crippen LogP contribution in [0.4, 0.5) is 0 Å². The molecule has 3 atom stereocenters. The van der Waals surface area contributed by atoms with Gasteiger partial charge in [-0.25, -0.2) is 0 Å². The molecule has 0 radical (unpaired) electrons. The van der Waals surface area contributed by atoms with Crippen molar-refractivity contribution in [2.24, 2.45) is 11.8 Å². The molecule has 1 aromatic carbocycles. The number of benzene rings is 1. The summed E-state index contributed by atoms with van der Waals surface area (Å²) in [5.74, 6) is 1.65. The zero-order chi connectivity index (χ0) is 15.1. The molecule has 2 saturated heterocycles. The summed E-state index contributed by atoms with van der Waals surface area (Å²) in [4.78, 5) is 2.78. The number of nitrogens with zero attached hydrogens (tertiary/aromatic N) is 1. The molecule has 4 rings (SSSR count). The molecule has 0 saturated carbocycles. The van der Waals surface area contributed by atoms with Crippen LogP contribution in [0, 0.1) is 11.8 Å². The van der Waals surface area contributed by atoms with Gasteiger partial charge in [0.15, 0.2) is 0 Å². The third-order valence-corrected chi connectivity index (χ3v) is 5.99. The maximum absolute atomic E-state index is 3.80. The SMILES string of the molecule is CC(C)Cc1ccc2c(c1)CCN1C[C@H]3CCCN[C@H]3C[C@@H]21. The molecule has 0 aliphatic carbocycles. The van der Waals surface area contributed by atoms with E-state index in [2.05, 4.69) is 42.3 Å². The predicted octanol–water partition coefficient (Wildman–Crippen LogP) is 3.56. The Morgan fingerprint density at radius 3 is 3.09 bits per heavy atom. The van der Waals surface area contributed by atoms with Gasteiger partial charge in [-0.1, -0.05) is 32.0 Å². The second kappa shape index (κ2) is 5.98. The van der Waals surface area contributed by atoms with Gasteiger partial charge in [0.2, 0.25) is 0 Å². The first-order valence-electron chi connectivity index (χ1n) is 9.30. The summed E-state index contributed by atoms with van der Waals surface area (Å²) in [5.41, 5.74) is 4.80. The van der Waals surface area contributed by atoms with Gasteiger partial charge in [-0.2, -0.15) is 0 Å². The van der Waals surface area contributed by atoms with Crippen molar-refractivity contribution in [1.29, 1.82) is 0 Å². The van der Waals surface area contributed by atoms with Gasteiger partial charge in [-0.15, -0.1) is 0 Å². The van der Waals surface area contributed by atoms with Gasteiger partial charge < -0.3 is 5.32 Å². The lowest BCUT2D eigenvalue weighted by molar-refractivity contribution is 0.0552. The summed E-state index contributed by atoms with van der Waals surface area (Å²) < 4.78 is 0. The highest BCUT2D eigenvalue weighted by atomic mass is 15.2. The Balaban J connectivity index is 1.57. The summed E-state index contributed by atoms with van der Waals surface area (Å²) in [6.07, 6.45) is 6.59. The summed E-state index contributed by atoms with van der Waals surface area (Å²) >= 11 is 0. The van der Waals surface area contributed by atoms with Gasteiger partial charge >= 0.3 is 0 Å². The van der Waals surface area contributed by atoms with E-state index in [1.165, 1.54) is 57.3 Å². The van der Waals surface area contributed by atoms with Gasteiger partial charge in [0.05, 0.1) is 0 Å². The fraction of sp³-hybridized carbons (Fsp3) is 0.700. The second-order valence-electron chi connectivity index (χ2n) is 8.09. The van der Waals surface area contributed by atoms with Gasteiger partial charge in [0.25, 0.3) is 0 Å². The lowest BCUT2D eigenvalue weighted by atomic mass is 9.77. The lowest BCUT2D eigenvalue weighted by Crippen LogP contribution is -2.54. The minimum Gasteiger partial charge on any atom is -0.314 e. The van der Waals surface area contributed by atoms with E-state index >= 15 is 0 Å². The Hall–Kier alpha value is -0.860. The highest BCUT2D eigenvalue weighted by molar-refractivity contribution is 5.37. The normalized spacial score (nSPS) is 31.5. The zero-order valence-corrected chi connectivity index (χ0v) is 14.1. The van der Waals surface area contributed by atoms with E-state index in [4.69, 9.17) is 0 Å². The molecule has 3 heterocycles. The molecule has 2 fully saturated rings. The van der Waals surface area contributed by atoms with Gasteiger partial charge in [0.1, 0.15) is 0 Å². The molecule has 0 amide bonds. The van der Waals surface area contributed by atoms with Crippen molar-refractivity contribution in [1.82, 2.24) is 10.2 Å². The van der Waals surface area contributed by atoms with Crippen molar-refractivity contribution >= 4 is 0 Å². The van der Waals surface area contributed by atoms with Gasteiger partial charge in [-0.05, 0) is 67.2 Å². The van der Waals surface area contributed by atoms with Crippen LogP contribution < -0.4 is 5.32 Å². The maximum atomic E-state index is 3.80. The number of hydrogen-bond donors (Lipinski definition) is 1. The number of nitrogens with one attached hydrogen (secondary N) is 1. The molecule has 0 unspecified atom stereocenters. The predicted molar refractivity (Wildman–Crippen MR) is 92.1 cm³/mol. The molecule has 120 valence electrons. The molecule has 3 aliphatic heterocycles. The van der Waals surface area contributed by atoms with Crippen molar-refractivity contribution < 1.29 is 0 Å². The molecule has 0 spiro atoms. The zero-order valence-electron chi connectivity index (χ0n) is 14.1. The van der Waals surface area contributed by atoms with Crippen LogP contribution in [0.3, 0.4) is 0 Å². The van der Waals surface area contributed by atoms with Crippen LogP contribution in [0.25, 0.3) is 0 Å². The van der Waals surface area contributed by atoms with E-state index < -0.39 is 0 Å². The quantitative estimate of drug-likeness (QED) is 0.898. The molecule has 2 nitrogen and oxygen atoms in total. The summed E-state index contributed by atoms with van der Waals surface area (Å²) in [6, 6.07) is 8.78. The van der Waals surface area contributed by atoms with Crippen molar-refractivity contribution in [3.8, 4) is 0 Å². The molecular formula is C20H30N2. The molecule has 0 aromatic heterocycles. The van der Waals surface area contributed by atoms with E-state index in [0.29, 0.717) is 6.04 Å². The maximum Gasteiger partial charge on any atom is 0.0366 e. The van der Waals surface area contributed by atoms with E-state index in [1.54, 1.807) is 11.1 Å². The minimum atomic E-state index is 0.670. The topological polar surface area (TPSA) is 15.3 Å². The highest BCUT2D eigenvalue weighted by Crippen LogP contribution is 2.40. The molecule has 0 bridgehead atoms. The fourth-order valence-corrected chi connectivity index (χ4v) is 4.97. The Bertz CT molecular complexity index is 537. The summed E-state index contributed by atoms with van der Waals surface area (Å²) in [6.45, 7) is 8.45. The standard InChI is InChI=1S/C20H30N2/c1-14(2)10-15-5-6-18-16(11-15)7-9-22-13-17-4-3-8-21-19(17)12-20(18)22/h5-6,11,14,17,19-21H,3-4,7-10,12-13H2,1-2H3/t17-,19+,20+/m1/s1. The third kappa shape index (κ3) is 2.72. The van der Waals surface area contributed by atoms with Crippen molar-refractivity contribution in [3.05, 3.63) is 34.9 Å². The Kier molecular flexibility index (Phi) is 4.00. The Morgan fingerprint density at radius 2 is 2.23 bits per heavy atom.